The highest BCUT2D eigenvalue weighted by atomic mass is 16.5. The van der Waals surface area contributed by atoms with E-state index in [1.54, 1.807) is 18.2 Å². The molecule has 2 aromatic carbocycles. The lowest BCUT2D eigenvalue weighted by Gasteiger charge is -2.19. The van der Waals surface area contributed by atoms with Gasteiger partial charge in [0.15, 0.2) is 0 Å². The predicted octanol–water partition coefficient (Wildman–Crippen LogP) is 2.84. The van der Waals surface area contributed by atoms with E-state index in [4.69, 9.17) is 9.47 Å². The van der Waals surface area contributed by atoms with Crippen LogP contribution in [0.2, 0.25) is 0 Å². The van der Waals surface area contributed by atoms with E-state index in [-0.39, 0.29) is 22.9 Å². The Bertz CT molecular complexity index is 856. The molecule has 24 heavy (non-hydrogen) atoms. The van der Waals surface area contributed by atoms with Gasteiger partial charge in [-0.15, -0.1) is 0 Å². The number of ether oxygens (including phenoxy) is 2. The third kappa shape index (κ3) is 2.38. The summed E-state index contributed by atoms with van der Waals surface area (Å²) in [6.45, 7) is 0. The molecule has 6 heteroatoms. The number of nitrogens with zero attached hydrogens (tertiary/aromatic N) is 1. The summed E-state index contributed by atoms with van der Waals surface area (Å²) in [4.78, 5) is 25.9. The van der Waals surface area contributed by atoms with Crippen LogP contribution in [0.4, 0.5) is 11.4 Å². The first kappa shape index (κ1) is 15.6. The zero-order chi connectivity index (χ0) is 17.3. The Kier molecular flexibility index (Phi) is 3.95. The number of esters is 1. The van der Waals surface area contributed by atoms with Crippen LogP contribution in [0.15, 0.2) is 48.7 Å². The largest absolute Gasteiger partial charge is 0.506 e. The molecule has 0 saturated carbocycles. The minimum absolute atomic E-state index is 0.121. The molecular formula is C18H15NO5. The number of benzene rings is 2. The van der Waals surface area contributed by atoms with Crippen LogP contribution in [0.3, 0.4) is 0 Å². The fraction of sp³-hybridized carbons (Fsp3) is 0.111. The van der Waals surface area contributed by atoms with Crippen molar-refractivity contribution in [3.05, 3.63) is 59.9 Å². The Balaban J connectivity index is 2.18. The Hall–Kier alpha value is -3.28. The zero-order valence-corrected chi connectivity index (χ0v) is 13.1. The van der Waals surface area contributed by atoms with Gasteiger partial charge in [0.05, 0.1) is 43.0 Å². The first-order chi connectivity index (χ1) is 11.6. The second-order valence-corrected chi connectivity index (χ2v) is 5.12. The molecule has 1 aliphatic rings. The van der Waals surface area contributed by atoms with Gasteiger partial charge in [0.2, 0.25) is 0 Å². The van der Waals surface area contributed by atoms with E-state index in [1.165, 1.54) is 43.6 Å². The van der Waals surface area contributed by atoms with Gasteiger partial charge in [-0.25, -0.2) is 4.79 Å². The number of carbonyl (C=O) groups excluding carboxylic acids is 2. The maximum Gasteiger partial charge on any atom is 0.337 e. The second-order valence-electron chi connectivity index (χ2n) is 5.12. The van der Waals surface area contributed by atoms with E-state index in [2.05, 4.69) is 0 Å². The number of phenols is 1. The number of hydrogen-bond acceptors (Lipinski definition) is 5. The van der Waals surface area contributed by atoms with Gasteiger partial charge in [-0.1, -0.05) is 18.2 Å². The molecule has 3 rings (SSSR count). The molecule has 1 aliphatic heterocycles. The molecule has 0 spiro atoms. The highest BCUT2D eigenvalue weighted by Gasteiger charge is 2.35. The standard InChI is InChI=1S/C18H15NO5/c1-23-10-13-12-5-3-4-6-14(12)19(17(13)21)15-9-11(18(22)24-2)7-8-16(15)20/h3-10,20H,1-2H3/b13-10-. The summed E-state index contributed by atoms with van der Waals surface area (Å²) >= 11 is 0. The van der Waals surface area contributed by atoms with Crippen molar-refractivity contribution in [2.45, 2.75) is 0 Å². The van der Waals surface area contributed by atoms with Crippen LogP contribution in [0.25, 0.3) is 5.57 Å². The summed E-state index contributed by atoms with van der Waals surface area (Å²) in [7, 11) is 2.73. The van der Waals surface area contributed by atoms with Crippen LogP contribution in [0.5, 0.6) is 5.75 Å². The molecule has 0 aliphatic carbocycles. The molecule has 0 bridgehead atoms. The van der Waals surface area contributed by atoms with Crippen LogP contribution in [-0.4, -0.2) is 31.2 Å². The molecule has 122 valence electrons. The summed E-state index contributed by atoms with van der Waals surface area (Å²) in [6.07, 6.45) is 1.36. The lowest BCUT2D eigenvalue weighted by molar-refractivity contribution is -0.112. The van der Waals surface area contributed by atoms with Gasteiger partial charge in [-0.3, -0.25) is 9.69 Å². The smallest absolute Gasteiger partial charge is 0.337 e. The van der Waals surface area contributed by atoms with Crippen LogP contribution >= 0.6 is 0 Å². The van der Waals surface area contributed by atoms with Crippen molar-refractivity contribution in [3.8, 4) is 5.75 Å². The number of amides is 1. The number of methoxy groups -OCH3 is 2. The molecular weight excluding hydrogens is 310 g/mol. The molecule has 2 aromatic rings. The number of fused-ring (bicyclic) bond motifs is 1. The average Bonchev–Trinajstić information content (AvgIpc) is 2.87. The van der Waals surface area contributed by atoms with E-state index in [0.717, 1.165) is 0 Å². The van der Waals surface area contributed by atoms with Crippen LogP contribution in [0, 0.1) is 0 Å². The lowest BCUT2D eigenvalue weighted by atomic mass is 10.1. The monoisotopic (exact) mass is 325 g/mol. The van der Waals surface area contributed by atoms with Crippen molar-refractivity contribution < 1.29 is 24.2 Å². The fourth-order valence-corrected chi connectivity index (χ4v) is 2.66. The number of rotatable bonds is 3. The summed E-state index contributed by atoms with van der Waals surface area (Å²) < 4.78 is 9.70. The van der Waals surface area contributed by atoms with Gasteiger partial charge in [0.1, 0.15) is 5.75 Å². The van der Waals surface area contributed by atoms with Crippen molar-refractivity contribution in [1.82, 2.24) is 0 Å². The van der Waals surface area contributed by atoms with Gasteiger partial charge in [-0.2, -0.15) is 0 Å². The van der Waals surface area contributed by atoms with Gasteiger partial charge < -0.3 is 14.6 Å². The minimum Gasteiger partial charge on any atom is -0.506 e. The van der Waals surface area contributed by atoms with E-state index in [9.17, 15) is 14.7 Å². The van der Waals surface area contributed by atoms with E-state index < -0.39 is 5.97 Å². The van der Waals surface area contributed by atoms with Crippen molar-refractivity contribution >= 4 is 28.8 Å². The number of phenolic OH excluding ortho intramolecular Hbond substituents is 1. The SMILES string of the molecule is CO/C=C1\C(=O)N(c2cc(C(=O)OC)ccc2O)c2ccccc21. The molecule has 0 atom stereocenters. The molecule has 1 N–H and O–H groups in total. The molecule has 1 amide bonds. The van der Waals surface area contributed by atoms with E-state index in [1.807, 2.05) is 6.07 Å². The fourth-order valence-electron chi connectivity index (χ4n) is 2.66. The first-order valence-electron chi connectivity index (χ1n) is 7.16. The average molecular weight is 325 g/mol. The second kappa shape index (κ2) is 6.08. The summed E-state index contributed by atoms with van der Waals surface area (Å²) in [6, 6.07) is 11.4. The highest BCUT2D eigenvalue weighted by Crippen LogP contribution is 2.44. The number of carbonyl (C=O) groups is 2. The van der Waals surface area contributed by atoms with Crippen molar-refractivity contribution in [2.24, 2.45) is 0 Å². The predicted molar refractivity (Wildman–Crippen MR) is 88.0 cm³/mol. The summed E-state index contributed by atoms with van der Waals surface area (Å²) in [5.41, 5.74) is 2.10. The molecule has 0 saturated heterocycles. The van der Waals surface area contributed by atoms with E-state index >= 15 is 0 Å². The van der Waals surface area contributed by atoms with E-state index in [0.29, 0.717) is 16.8 Å². The Labute approximate surface area is 138 Å². The number of aromatic hydroxyl groups is 1. The molecule has 0 aromatic heterocycles. The minimum atomic E-state index is -0.552. The van der Waals surface area contributed by atoms with Crippen molar-refractivity contribution in [2.75, 3.05) is 19.1 Å². The molecule has 0 unspecified atom stereocenters. The maximum absolute atomic E-state index is 12.8. The Morgan fingerprint density at radius 1 is 1.12 bits per heavy atom. The first-order valence-corrected chi connectivity index (χ1v) is 7.16. The number of anilines is 2. The van der Waals surface area contributed by atoms with Crippen molar-refractivity contribution in [3.63, 3.8) is 0 Å². The molecule has 6 nitrogen and oxygen atoms in total. The molecule has 0 fully saturated rings. The Morgan fingerprint density at radius 3 is 2.58 bits per heavy atom. The van der Waals surface area contributed by atoms with Gasteiger partial charge in [0.25, 0.3) is 5.91 Å². The zero-order valence-electron chi connectivity index (χ0n) is 13.1. The molecule has 0 radical (unpaired) electrons. The van der Waals surface area contributed by atoms with Gasteiger partial charge >= 0.3 is 5.97 Å². The van der Waals surface area contributed by atoms with Gasteiger partial charge in [0, 0.05) is 5.56 Å². The number of hydrogen-bond donors (Lipinski definition) is 1. The Morgan fingerprint density at radius 2 is 1.88 bits per heavy atom. The summed E-state index contributed by atoms with van der Waals surface area (Å²) in [5.74, 6) is -1.02. The van der Waals surface area contributed by atoms with Crippen LogP contribution < -0.4 is 4.90 Å². The summed E-state index contributed by atoms with van der Waals surface area (Å²) in [5, 5.41) is 10.2. The third-order valence-electron chi connectivity index (χ3n) is 3.74. The molecule has 1 heterocycles. The van der Waals surface area contributed by atoms with Crippen LogP contribution in [0.1, 0.15) is 15.9 Å². The maximum atomic E-state index is 12.8. The topological polar surface area (TPSA) is 76.1 Å². The normalized spacial score (nSPS) is 14.7. The lowest BCUT2D eigenvalue weighted by Crippen LogP contribution is -2.21. The number of para-hydroxylation sites is 1. The van der Waals surface area contributed by atoms with Gasteiger partial charge in [-0.05, 0) is 24.3 Å². The third-order valence-corrected chi connectivity index (χ3v) is 3.74. The van der Waals surface area contributed by atoms with Crippen LogP contribution in [-0.2, 0) is 14.3 Å². The quantitative estimate of drug-likeness (QED) is 0.533. The highest BCUT2D eigenvalue weighted by molar-refractivity contribution is 6.35. The van der Waals surface area contributed by atoms with Crippen molar-refractivity contribution in [1.29, 1.82) is 0 Å².